The van der Waals surface area contributed by atoms with Crippen molar-refractivity contribution in [2.45, 2.75) is 20.8 Å². The van der Waals surface area contributed by atoms with Gasteiger partial charge in [0.05, 0.1) is 52.8 Å². The van der Waals surface area contributed by atoms with E-state index >= 15 is 0 Å². The van der Waals surface area contributed by atoms with Crippen LogP contribution >= 0.6 is 0 Å². The number of benzene rings is 3. The second kappa shape index (κ2) is 28.6. The molecule has 0 spiro atoms. The highest BCUT2D eigenvalue weighted by molar-refractivity contribution is 5.75. The van der Waals surface area contributed by atoms with E-state index in [1.807, 2.05) is 57.2 Å². The summed E-state index contributed by atoms with van der Waals surface area (Å²) in [5.41, 5.74) is 7.12. The summed E-state index contributed by atoms with van der Waals surface area (Å²) in [6.07, 6.45) is 9.66. The van der Waals surface area contributed by atoms with Crippen LogP contribution in [0.4, 0.5) is 0 Å². The van der Waals surface area contributed by atoms with Gasteiger partial charge < -0.3 is 42.6 Å². The maximum atomic E-state index is 12.9. The molecule has 6 aromatic heterocycles. The number of esters is 3. The minimum atomic E-state index is -0.630. The van der Waals surface area contributed by atoms with Gasteiger partial charge in [-0.25, -0.2) is 14.4 Å². The molecule has 0 aliphatic rings. The molecule has 0 saturated carbocycles. The zero-order valence-corrected chi connectivity index (χ0v) is 45.2. The van der Waals surface area contributed by atoms with E-state index in [1.165, 1.54) is 18.6 Å². The summed E-state index contributed by atoms with van der Waals surface area (Å²) in [5.74, 6) is 1.14. The molecule has 3 aromatic carbocycles. The first-order valence-electron chi connectivity index (χ1n) is 26.1. The van der Waals surface area contributed by atoms with Crippen LogP contribution in [0.3, 0.4) is 0 Å². The minimum absolute atomic E-state index is 0.199. The lowest BCUT2D eigenvalue weighted by atomic mass is 10.2. The smallest absolute Gasteiger partial charge is 0.349 e. The summed E-state index contributed by atoms with van der Waals surface area (Å²) >= 11 is 0. The molecule has 0 radical (unpaired) electrons. The third-order valence-electron chi connectivity index (χ3n) is 12.0. The Bertz CT molecular complexity index is 3150. The molecule has 19 nitrogen and oxygen atoms in total. The van der Waals surface area contributed by atoms with Crippen molar-refractivity contribution in [2.24, 2.45) is 0 Å². The Morgan fingerprint density at radius 2 is 0.561 bits per heavy atom. The van der Waals surface area contributed by atoms with E-state index in [0.717, 1.165) is 16.7 Å². The number of aryl methyl sites for hydroxylation is 3. The van der Waals surface area contributed by atoms with Crippen molar-refractivity contribution in [3.05, 3.63) is 199 Å². The van der Waals surface area contributed by atoms with Gasteiger partial charge in [-0.05, 0) is 128 Å². The molecule has 0 bridgehead atoms. The van der Waals surface area contributed by atoms with Crippen LogP contribution in [0.2, 0.25) is 0 Å². The van der Waals surface area contributed by atoms with Gasteiger partial charge >= 0.3 is 17.9 Å². The fourth-order valence-electron chi connectivity index (χ4n) is 7.78. The molecule has 9 rings (SSSR count). The maximum Gasteiger partial charge on any atom is 0.349 e. The summed E-state index contributed by atoms with van der Waals surface area (Å²) < 4.78 is 52.9. The number of hydrogen-bond acceptors (Lipinski definition) is 19. The van der Waals surface area contributed by atoms with Gasteiger partial charge in [0.1, 0.15) is 37.1 Å². The summed E-state index contributed by atoms with van der Waals surface area (Å²) in [5, 5.41) is 0. The number of nitrogens with zero attached hydrogens (tertiary/aromatic N) is 7. The van der Waals surface area contributed by atoms with Crippen molar-refractivity contribution >= 4 is 17.9 Å². The molecule has 6 heterocycles. The van der Waals surface area contributed by atoms with Crippen molar-refractivity contribution in [2.75, 3.05) is 59.3 Å². The van der Waals surface area contributed by atoms with Crippen LogP contribution in [0, 0.1) is 20.8 Å². The zero-order chi connectivity index (χ0) is 56.9. The third-order valence-corrected chi connectivity index (χ3v) is 12.0. The predicted octanol–water partition coefficient (Wildman–Crippen LogP) is 9.77. The number of para-hydroxylation sites is 6. The summed E-state index contributed by atoms with van der Waals surface area (Å²) in [6.45, 7) is 6.48. The lowest BCUT2D eigenvalue weighted by molar-refractivity contribution is -0.137. The van der Waals surface area contributed by atoms with Gasteiger partial charge in [-0.15, -0.1) is 0 Å². The lowest BCUT2D eigenvalue weighted by Gasteiger charge is -2.23. The molecule has 82 heavy (non-hydrogen) atoms. The van der Waals surface area contributed by atoms with Crippen molar-refractivity contribution in [3.63, 3.8) is 0 Å². The van der Waals surface area contributed by atoms with Gasteiger partial charge in [0.2, 0.25) is 0 Å². The molecule has 0 saturated heterocycles. The van der Waals surface area contributed by atoms with Crippen molar-refractivity contribution in [1.29, 1.82) is 0 Å². The molecule has 0 aliphatic carbocycles. The first kappa shape index (κ1) is 56.5. The Morgan fingerprint density at radius 3 is 0.793 bits per heavy atom. The normalized spacial score (nSPS) is 10.8. The van der Waals surface area contributed by atoms with Crippen molar-refractivity contribution in [1.82, 2.24) is 34.8 Å². The summed E-state index contributed by atoms with van der Waals surface area (Å²) in [7, 11) is 0. The quantitative estimate of drug-likeness (QED) is 0.0438. The summed E-state index contributed by atoms with van der Waals surface area (Å²) in [4.78, 5) is 67.1. The van der Waals surface area contributed by atoms with E-state index in [9.17, 15) is 14.4 Å². The monoisotopic (exact) mass is 1100 g/mol. The minimum Gasteiger partial charge on any atom is -0.488 e. The Morgan fingerprint density at radius 1 is 0.317 bits per heavy atom. The van der Waals surface area contributed by atoms with E-state index < -0.39 is 37.7 Å². The second-order valence-corrected chi connectivity index (χ2v) is 18.3. The zero-order valence-electron chi connectivity index (χ0n) is 45.2. The van der Waals surface area contributed by atoms with E-state index in [1.54, 1.807) is 128 Å². The number of rotatable bonds is 27. The van der Waals surface area contributed by atoms with Crippen LogP contribution in [0.5, 0.6) is 51.7 Å². The average Bonchev–Trinajstić information content (AvgIpc) is 3.49. The van der Waals surface area contributed by atoms with Gasteiger partial charge in [0.25, 0.3) is 0 Å². The Hall–Kier alpha value is -10.3. The molecule has 0 unspecified atom stereocenters. The second-order valence-electron chi connectivity index (χ2n) is 18.3. The Labute approximate surface area is 473 Å². The molecule has 0 aliphatic heterocycles. The first-order valence-corrected chi connectivity index (χ1v) is 26.1. The van der Waals surface area contributed by atoms with Crippen LogP contribution in [0.25, 0.3) is 34.2 Å². The lowest BCUT2D eigenvalue weighted by Crippen LogP contribution is -2.35. The third kappa shape index (κ3) is 16.9. The molecule has 0 fully saturated rings. The molecular weight excluding hydrogens is 1050 g/mol. The van der Waals surface area contributed by atoms with Crippen LogP contribution in [0.15, 0.2) is 183 Å². The Balaban J connectivity index is 0.786. The van der Waals surface area contributed by atoms with Gasteiger partial charge in [0.15, 0.2) is 54.3 Å². The number of aromatic nitrogens is 6. The van der Waals surface area contributed by atoms with Crippen LogP contribution < -0.4 is 42.6 Å². The fourth-order valence-corrected chi connectivity index (χ4v) is 7.78. The molecule has 0 amide bonds. The molecule has 9 aromatic rings. The van der Waals surface area contributed by atoms with Gasteiger partial charge in [-0.2, -0.15) is 0 Å². The largest absolute Gasteiger partial charge is 0.488 e. The van der Waals surface area contributed by atoms with Crippen LogP contribution in [-0.2, 0) is 14.4 Å². The van der Waals surface area contributed by atoms with E-state index in [-0.39, 0.29) is 37.1 Å². The number of hydrogen-bond donors (Lipinski definition) is 0. The SMILES string of the molecule is Cc1ccc(-c2ccc(OC(=O)COc3ccccc3OCCN(CCOc3ccccc3OCC(=O)Oc3ccc(-c4ccc(C)cn4)nc3)CCOc3ccccc3OCC(=O)Oc3ccc(-c4ccc(C)cn4)nc3)cn2)nc1. The number of ether oxygens (including phenoxy) is 9. The van der Waals surface area contributed by atoms with Gasteiger partial charge in [0, 0.05) is 38.2 Å². The molecule has 0 atom stereocenters. The van der Waals surface area contributed by atoms with Crippen molar-refractivity contribution < 1.29 is 57.0 Å². The average molecular weight is 1100 g/mol. The number of carbonyl (C=O) groups is 3. The molecule has 416 valence electrons. The van der Waals surface area contributed by atoms with Crippen molar-refractivity contribution in [3.8, 4) is 85.9 Å². The molecule has 0 N–H and O–H groups in total. The first-order chi connectivity index (χ1) is 40.1. The Kier molecular flexibility index (Phi) is 19.7. The number of carbonyl (C=O) groups excluding carboxylic acids is 3. The molecular formula is C63H57N7O12. The topological polar surface area (TPSA) is 215 Å². The highest BCUT2D eigenvalue weighted by atomic mass is 16.6. The maximum absolute atomic E-state index is 12.9. The highest BCUT2D eigenvalue weighted by Crippen LogP contribution is 2.30. The van der Waals surface area contributed by atoms with Gasteiger partial charge in [-0.1, -0.05) is 54.6 Å². The number of pyridine rings is 6. The highest BCUT2D eigenvalue weighted by Gasteiger charge is 2.17. The van der Waals surface area contributed by atoms with Crippen LogP contribution in [0.1, 0.15) is 16.7 Å². The van der Waals surface area contributed by atoms with Crippen LogP contribution in [-0.4, -0.2) is 112 Å². The van der Waals surface area contributed by atoms with E-state index in [0.29, 0.717) is 88.3 Å². The fraction of sp³-hybridized carbons (Fsp3) is 0.190. The van der Waals surface area contributed by atoms with E-state index in [2.05, 4.69) is 34.8 Å². The summed E-state index contributed by atoms with van der Waals surface area (Å²) in [6, 6.07) is 42.6. The standard InChI is InChI=1S/C63H57N7O12/c1-43-16-22-49(64-34-43)52-25-19-46(37-67-52)80-61(71)40-77-58-13-7-4-10-55(58)74-31-28-70(29-32-75-56-11-5-8-14-59(56)78-41-62(72)81-47-20-26-53(68-38-47)50-23-17-44(2)35-65-50)30-33-76-57-12-6-9-15-60(57)79-42-63(73)82-48-21-27-54(69-39-48)51-24-18-45(3)36-66-51/h4-27,34-39H,28-33,40-42H2,1-3H3. The molecule has 19 heteroatoms. The predicted molar refractivity (Wildman–Crippen MR) is 302 cm³/mol. The van der Waals surface area contributed by atoms with Gasteiger partial charge in [-0.3, -0.25) is 34.8 Å². The van der Waals surface area contributed by atoms with E-state index in [4.69, 9.17) is 42.6 Å².